The predicted octanol–water partition coefficient (Wildman–Crippen LogP) is 3.15. The second-order valence-electron chi connectivity index (χ2n) is 6.11. The Labute approximate surface area is 148 Å². The molecule has 0 amide bonds. The summed E-state index contributed by atoms with van der Waals surface area (Å²) in [7, 11) is 0. The fourth-order valence-electron chi connectivity index (χ4n) is 3.23. The molecule has 0 bridgehead atoms. The van der Waals surface area contributed by atoms with E-state index < -0.39 is 0 Å². The van der Waals surface area contributed by atoms with Crippen LogP contribution in [0.4, 0.5) is 0 Å². The minimum atomic E-state index is -0.312. The molecular weight excluding hydrogens is 314 g/mol. The number of ether oxygens (including phenoxy) is 1. The first-order valence-electron chi connectivity index (χ1n) is 8.92. The van der Waals surface area contributed by atoms with Gasteiger partial charge in [0.1, 0.15) is 0 Å². The molecule has 0 atom stereocenters. The van der Waals surface area contributed by atoms with E-state index in [1.807, 2.05) is 29.8 Å². The number of carbonyl (C=O) groups is 1. The first kappa shape index (κ1) is 17.4. The molecule has 0 aliphatic carbocycles. The maximum atomic E-state index is 12.2. The first-order chi connectivity index (χ1) is 12.2. The van der Waals surface area contributed by atoms with Crippen LogP contribution in [-0.2, 0) is 24.2 Å². The molecular formula is C20H25N3O2. The van der Waals surface area contributed by atoms with Crippen molar-refractivity contribution in [1.29, 1.82) is 0 Å². The molecule has 0 saturated carbocycles. The number of fused-ring (bicyclic) bond motifs is 1. The first-order valence-corrected chi connectivity index (χ1v) is 8.92. The molecule has 1 aromatic heterocycles. The van der Waals surface area contributed by atoms with Crippen LogP contribution in [0.2, 0.25) is 0 Å². The van der Waals surface area contributed by atoms with Gasteiger partial charge in [-0.2, -0.15) is 5.10 Å². The molecule has 5 heteroatoms. The van der Waals surface area contributed by atoms with Crippen LogP contribution >= 0.6 is 0 Å². The molecule has 1 aromatic carbocycles. The molecule has 2 aromatic rings. The highest BCUT2D eigenvalue weighted by molar-refractivity contribution is 5.89. The van der Waals surface area contributed by atoms with Crippen molar-refractivity contribution in [2.45, 2.75) is 33.4 Å². The van der Waals surface area contributed by atoms with Gasteiger partial charge in [0.2, 0.25) is 0 Å². The van der Waals surface area contributed by atoms with E-state index in [1.54, 1.807) is 0 Å². The molecule has 0 spiro atoms. The molecule has 0 saturated heterocycles. The Morgan fingerprint density at radius 3 is 2.80 bits per heavy atom. The van der Waals surface area contributed by atoms with Gasteiger partial charge < -0.3 is 4.74 Å². The lowest BCUT2D eigenvalue weighted by molar-refractivity contribution is 0.0516. The number of benzene rings is 1. The molecule has 0 radical (unpaired) electrons. The summed E-state index contributed by atoms with van der Waals surface area (Å²) in [5.41, 5.74) is 3.88. The van der Waals surface area contributed by atoms with Crippen LogP contribution in [-0.4, -0.2) is 40.3 Å². The number of hydrogen-bond acceptors (Lipinski definition) is 4. The van der Waals surface area contributed by atoms with E-state index in [4.69, 9.17) is 4.74 Å². The summed E-state index contributed by atoms with van der Waals surface area (Å²) < 4.78 is 7.12. The zero-order chi connectivity index (χ0) is 17.6. The number of nitrogens with zero attached hydrogens (tertiary/aromatic N) is 3. The van der Waals surface area contributed by atoms with E-state index in [0.29, 0.717) is 12.3 Å². The van der Waals surface area contributed by atoms with Crippen LogP contribution in [0.15, 0.2) is 36.4 Å². The molecule has 132 valence electrons. The summed E-state index contributed by atoms with van der Waals surface area (Å²) >= 11 is 0. The summed E-state index contributed by atoms with van der Waals surface area (Å²) in [6.45, 7) is 7.58. The summed E-state index contributed by atoms with van der Waals surface area (Å²) in [6.07, 6.45) is 5.22. The monoisotopic (exact) mass is 339 g/mol. The highest BCUT2D eigenvalue weighted by atomic mass is 16.5. The average molecular weight is 339 g/mol. The van der Waals surface area contributed by atoms with Crippen molar-refractivity contribution in [1.82, 2.24) is 14.7 Å². The van der Waals surface area contributed by atoms with Crippen molar-refractivity contribution in [2.75, 3.05) is 19.7 Å². The van der Waals surface area contributed by atoms with Gasteiger partial charge in [0.05, 0.1) is 6.61 Å². The molecule has 1 aliphatic rings. The zero-order valence-electron chi connectivity index (χ0n) is 14.9. The molecule has 1 aliphatic heterocycles. The highest BCUT2D eigenvalue weighted by Gasteiger charge is 2.27. The third kappa shape index (κ3) is 3.99. The number of hydrogen-bond donors (Lipinski definition) is 0. The number of esters is 1. The third-order valence-electron chi connectivity index (χ3n) is 4.45. The van der Waals surface area contributed by atoms with E-state index in [1.165, 1.54) is 11.3 Å². The van der Waals surface area contributed by atoms with E-state index in [2.05, 4.69) is 41.2 Å². The van der Waals surface area contributed by atoms with Crippen LogP contribution in [0.5, 0.6) is 0 Å². The largest absolute Gasteiger partial charge is 0.461 e. The van der Waals surface area contributed by atoms with Crippen LogP contribution in [0.3, 0.4) is 0 Å². The Morgan fingerprint density at radius 1 is 1.28 bits per heavy atom. The fourth-order valence-corrected chi connectivity index (χ4v) is 3.23. The molecule has 0 N–H and O–H groups in total. The van der Waals surface area contributed by atoms with Gasteiger partial charge in [0.15, 0.2) is 5.69 Å². The Balaban J connectivity index is 1.72. The van der Waals surface area contributed by atoms with Crippen molar-refractivity contribution in [3.8, 4) is 0 Å². The minimum absolute atomic E-state index is 0.312. The fraction of sp³-hybridized carbons (Fsp3) is 0.400. The van der Waals surface area contributed by atoms with Crippen molar-refractivity contribution in [3.05, 3.63) is 58.9 Å². The lowest BCUT2D eigenvalue weighted by Gasteiger charge is -2.26. The average Bonchev–Trinajstić information content (AvgIpc) is 3.01. The van der Waals surface area contributed by atoms with Crippen LogP contribution in [0.25, 0.3) is 6.08 Å². The van der Waals surface area contributed by atoms with E-state index >= 15 is 0 Å². The van der Waals surface area contributed by atoms with E-state index in [-0.39, 0.29) is 5.97 Å². The maximum absolute atomic E-state index is 12.2. The van der Waals surface area contributed by atoms with Crippen LogP contribution in [0, 0.1) is 0 Å². The van der Waals surface area contributed by atoms with Gasteiger partial charge in [0.25, 0.3) is 0 Å². The Kier molecular flexibility index (Phi) is 5.66. The smallest absolute Gasteiger partial charge is 0.359 e. The van der Waals surface area contributed by atoms with Crippen molar-refractivity contribution in [2.24, 2.45) is 0 Å². The standard InChI is InChI=1S/C20H25N3O2/c1-3-23-18-12-14-22(13-8-11-16-9-6-5-7-10-16)15-17(18)19(21-23)20(24)25-4-2/h5-11H,3-4,12-15H2,1-2H3/b11-8+. The molecule has 0 unspecified atom stereocenters. The predicted molar refractivity (Wildman–Crippen MR) is 98.3 cm³/mol. The molecule has 2 heterocycles. The SMILES string of the molecule is CCOC(=O)c1nn(CC)c2c1CN(C/C=C/c1ccccc1)CC2. The number of aryl methyl sites for hydroxylation is 1. The van der Waals surface area contributed by atoms with Crippen LogP contribution in [0.1, 0.15) is 41.2 Å². The number of rotatable bonds is 6. The van der Waals surface area contributed by atoms with Crippen LogP contribution < -0.4 is 0 Å². The van der Waals surface area contributed by atoms with Gasteiger partial charge in [-0.3, -0.25) is 9.58 Å². The Bertz CT molecular complexity index is 750. The number of aromatic nitrogens is 2. The molecule has 5 nitrogen and oxygen atoms in total. The van der Waals surface area contributed by atoms with Crippen molar-refractivity contribution in [3.63, 3.8) is 0 Å². The van der Waals surface area contributed by atoms with Gasteiger partial charge in [-0.05, 0) is 19.4 Å². The topological polar surface area (TPSA) is 47.4 Å². The van der Waals surface area contributed by atoms with E-state index in [0.717, 1.165) is 38.2 Å². The van der Waals surface area contributed by atoms with Gasteiger partial charge >= 0.3 is 5.97 Å². The summed E-state index contributed by atoms with van der Waals surface area (Å²) in [5, 5.41) is 4.49. The van der Waals surface area contributed by atoms with Crippen molar-refractivity contribution < 1.29 is 9.53 Å². The summed E-state index contributed by atoms with van der Waals surface area (Å²) in [5.74, 6) is -0.312. The maximum Gasteiger partial charge on any atom is 0.359 e. The van der Waals surface area contributed by atoms with E-state index in [9.17, 15) is 4.79 Å². The number of carbonyl (C=O) groups excluding carboxylic acids is 1. The van der Waals surface area contributed by atoms with Gasteiger partial charge in [0, 0.05) is 43.9 Å². The van der Waals surface area contributed by atoms with Gasteiger partial charge in [-0.15, -0.1) is 0 Å². The lowest BCUT2D eigenvalue weighted by atomic mass is 10.0. The second-order valence-corrected chi connectivity index (χ2v) is 6.11. The Hall–Kier alpha value is -2.40. The summed E-state index contributed by atoms with van der Waals surface area (Å²) in [4.78, 5) is 14.6. The van der Waals surface area contributed by atoms with Gasteiger partial charge in [-0.25, -0.2) is 4.79 Å². The van der Waals surface area contributed by atoms with Crippen molar-refractivity contribution >= 4 is 12.0 Å². The molecule has 0 fully saturated rings. The highest BCUT2D eigenvalue weighted by Crippen LogP contribution is 2.23. The molecule has 25 heavy (non-hydrogen) atoms. The second kappa shape index (κ2) is 8.12. The quantitative estimate of drug-likeness (QED) is 0.759. The third-order valence-corrected chi connectivity index (χ3v) is 4.45. The zero-order valence-corrected chi connectivity index (χ0v) is 14.9. The van der Waals surface area contributed by atoms with Gasteiger partial charge in [-0.1, -0.05) is 42.5 Å². The minimum Gasteiger partial charge on any atom is -0.461 e. The summed E-state index contributed by atoms with van der Waals surface area (Å²) in [6, 6.07) is 10.3. The Morgan fingerprint density at radius 2 is 2.08 bits per heavy atom. The lowest BCUT2D eigenvalue weighted by Crippen LogP contribution is -2.31. The normalized spacial score (nSPS) is 14.6. The molecule has 3 rings (SSSR count).